The predicted octanol–water partition coefficient (Wildman–Crippen LogP) is 1.72. The van der Waals surface area contributed by atoms with Gasteiger partial charge in [-0.2, -0.15) is 0 Å². The van der Waals surface area contributed by atoms with E-state index in [9.17, 15) is 14.4 Å². The molecule has 8 heteroatoms. The summed E-state index contributed by atoms with van der Waals surface area (Å²) >= 11 is 0. The van der Waals surface area contributed by atoms with E-state index < -0.39 is 24.4 Å². The molecule has 3 aromatic rings. The van der Waals surface area contributed by atoms with Crippen molar-refractivity contribution in [2.24, 2.45) is 5.73 Å². The van der Waals surface area contributed by atoms with E-state index in [4.69, 9.17) is 14.9 Å². The van der Waals surface area contributed by atoms with Crippen molar-refractivity contribution in [3.05, 3.63) is 60.0 Å². The van der Waals surface area contributed by atoms with E-state index in [2.05, 4.69) is 10.3 Å². The number of nitrogens with zero attached hydrogens (tertiary/aromatic N) is 1. The summed E-state index contributed by atoms with van der Waals surface area (Å²) in [6.45, 7) is -0.528. The van der Waals surface area contributed by atoms with Crippen LogP contribution in [0.4, 0.5) is 5.69 Å². The Morgan fingerprint density at radius 3 is 2.64 bits per heavy atom. The van der Waals surface area contributed by atoms with Crippen molar-refractivity contribution in [2.75, 3.05) is 11.9 Å². The van der Waals surface area contributed by atoms with E-state index in [0.29, 0.717) is 11.1 Å². The van der Waals surface area contributed by atoms with Crippen LogP contribution >= 0.6 is 0 Å². The number of para-hydroxylation sites is 2. The number of benzene rings is 2. The maximum Gasteiger partial charge on any atom is 0.340 e. The van der Waals surface area contributed by atoms with E-state index >= 15 is 0 Å². The third kappa shape index (κ3) is 3.47. The Labute approximate surface area is 141 Å². The summed E-state index contributed by atoms with van der Waals surface area (Å²) in [6.07, 6.45) is 1.22. The maximum atomic E-state index is 12.1. The van der Waals surface area contributed by atoms with Crippen molar-refractivity contribution in [2.45, 2.75) is 0 Å². The van der Waals surface area contributed by atoms with E-state index in [1.165, 1.54) is 24.6 Å². The van der Waals surface area contributed by atoms with Crippen LogP contribution in [0.5, 0.6) is 0 Å². The second kappa shape index (κ2) is 6.83. The number of oxazole rings is 1. The predicted molar refractivity (Wildman–Crippen MR) is 87.9 cm³/mol. The molecule has 0 atom stereocenters. The average Bonchev–Trinajstić information content (AvgIpc) is 3.08. The van der Waals surface area contributed by atoms with Gasteiger partial charge in [0.15, 0.2) is 18.6 Å². The minimum Gasteiger partial charge on any atom is -0.452 e. The standard InChI is InChI=1S/C17H13N3O5/c18-16(22)10-4-1-2-6-12(10)20-14(21)8-24-17(23)11-5-3-7-13-15(11)19-9-25-13/h1-7,9H,8H2,(H2,18,22)(H,20,21). The topological polar surface area (TPSA) is 125 Å². The van der Waals surface area contributed by atoms with E-state index in [1.807, 2.05) is 0 Å². The molecule has 25 heavy (non-hydrogen) atoms. The van der Waals surface area contributed by atoms with Crippen LogP contribution in [0.15, 0.2) is 53.3 Å². The highest BCUT2D eigenvalue weighted by Crippen LogP contribution is 2.18. The third-order valence-corrected chi connectivity index (χ3v) is 3.38. The zero-order valence-corrected chi connectivity index (χ0v) is 12.9. The summed E-state index contributed by atoms with van der Waals surface area (Å²) in [5.74, 6) is -1.99. The number of hydrogen-bond donors (Lipinski definition) is 2. The van der Waals surface area contributed by atoms with Gasteiger partial charge in [0.25, 0.3) is 11.8 Å². The smallest absolute Gasteiger partial charge is 0.340 e. The molecule has 1 heterocycles. The Kier molecular flexibility index (Phi) is 4.42. The summed E-state index contributed by atoms with van der Waals surface area (Å²) < 4.78 is 10.1. The third-order valence-electron chi connectivity index (χ3n) is 3.38. The van der Waals surface area contributed by atoms with Gasteiger partial charge in [-0.3, -0.25) is 9.59 Å². The molecule has 2 amide bonds. The van der Waals surface area contributed by atoms with Gasteiger partial charge < -0.3 is 20.2 Å². The Balaban J connectivity index is 1.66. The summed E-state index contributed by atoms with van der Waals surface area (Å²) in [4.78, 5) is 39.4. The lowest BCUT2D eigenvalue weighted by Gasteiger charge is -2.09. The first-order chi connectivity index (χ1) is 12.1. The van der Waals surface area contributed by atoms with E-state index in [0.717, 1.165) is 0 Å². The lowest BCUT2D eigenvalue weighted by Crippen LogP contribution is -2.23. The molecule has 0 saturated carbocycles. The number of anilines is 1. The molecule has 2 aromatic carbocycles. The Morgan fingerprint density at radius 1 is 1.08 bits per heavy atom. The van der Waals surface area contributed by atoms with Crippen molar-refractivity contribution in [1.29, 1.82) is 0 Å². The van der Waals surface area contributed by atoms with Gasteiger partial charge in [-0.15, -0.1) is 0 Å². The molecule has 0 aliphatic rings. The lowest BCUT2D eigenvalue weighted by atomic mass is 10.1. The molecule has 1 aromatic heterocycles. The highest BCUT2D eigenvalue weighted by atomic mass is 16.5. The van der Waals surface area contributed by atoms with Crippen LogP contribution < -0.4 is 11.1 Å². The van der Waals surface area contributed by atoms with Gasteiger partial charge in [-0.25, -0.2) is 9.78 Å². The molecule has 0 bridgehead atoms. The zero-order chi connectivity index (χ0) is 17.8. The molecule has 0 aliphatic carbocycles. The molecule has 0 unspecified atom stereocenters. The van der Waals surface area contributed by atoms with E-state index in [-0.39, 0.29) is 16.8 Å². The quantitative estimate of drug-likeness (QED) is 0.682. The molecule has 8 nitrogen and oxygen atoms in total. The maximum absolute atomic E-state index is 12.1. The molecule has 0 spiro atoms. The monoisotopic (exact) mass is 339 g/mol. The van der Waals surface area contributed by atoms with Gasteiger partial charge in [0.05, 0.1) is 16.8 Å². The fraction of sp³-hybridized carbons (Fsp3) is 0.0588. The number of nitrogens with one attached hydrogen (secondary N) is 1. The Bertz CT molecular complexity index is 964. The van der Waals surface area contributed by atoms with Crippen molar-refractivity contribution < 1.29 is 23.5 Å². The number of hydrogen-bond acceptors (Lipinski definition) is 6. The molecule has 3 N–H and O–H groups in total. The van der Waals surface area contributed by atoms with Crippen LogP contribution in [0.2, 0.25) is 0 Å². The fourth-order valence-corrected chi connectivity index (χ4v) is 2.25. The average molecular weight is 339 g/mol. The Hall–Kier alpha value is -3.68. The molecule has 0 radical (unpaired) electrons. The van der Waals surface area contributed by atoms with Gasteiger partial charge in [0.1, 0.15) is 5.52 Å². The number of esters is 1. The van der Waals surface area contributed by atoms with Crippen molar-refractivity contribution >= 4 is 34.6 Å². The number of amides is 2. The van der Waals surface area contributed by atoms with Crippen LogP contribution in [0, 0.1) is 0 Å². The summed E-state index contributed by atoms with van der Waals surface area (Å²) in [6, 6.07) is 11.1. The number of fused-ring (bicyclic) bond motifs is 1. The number of nitrogens with two attached hydrogens (primary N) is 1. The lowest BCUT2D eigenvalue weighted by molar-refractivity contribution is -0.119. The SMILES string of the molecule is NC(=O)c1ccccc1NC(=O)COC(=O)c1cccc2ocnc12. The van der Waals surface area contributed by atoms with Crippen LogP contribution in [0.3, 0.4) is 0 Å². The summed E-state index contributed by atoms with van der Waals surface area (Å²) in [5, 5.41) is 2.48. The van der Waals surface area contributed by atoms with Gasteiger partial charge >= 0.3 is 5.97 Å². The zero-order valence-electron chi connectivity index (χ0n) is 12.9. The van der Waals surface area contributed by atoms with Crippen molar-refractivity contribution in [3.8, 4) is 0 Å². The van der Waals surface area contributed by atoms with Crippen LogP contribution in [0.25, 0.3) is 11.1 Å². The second-order valence-electron chi connectivity index (χ2n) is 5.04. The summed E-state index contributed by atoms with van der Waals surface area (Å²) in [5.41, 5.74) is 6.63. The number of carbonyl (C=O) groups excluding carboxylic acids is 3. The number of aromatic nitrogens is 1. The van der Waals surface area contributed by atoms with Gasteiger partial charge in [-0.1, -0.05) is 18.2 Å². The molecule has 0 saturated heterocycles. The van der Waals surface area contributed by atoms with E-state index in [1.54, 1.807) is 24.3 Å². The molecule has 0 aliphatic heterocycles. The molecule has 3 rings (SSSR count). The molecular weight excluding hydrogens is 326 g/mol. The molecule has 0 fully saturated rings. The van der Waals surface area contributed by atoms with Crippen molar-refractivity contribution in [1.82, 2.24) is 4.98 Å². The number of primary amides is 1. The first-order valence-electron chi connectivity index (χ1n) is 7.24. The highest BCUT2D eigenvalue weighted by molar-refractivity contribution is 6.05. The van der Waals surface area contributed by atoms with Gasteiger partial charge in [0, 0.05) is 0 Å². The minimum absolute atomic E-state index is 0.162. The normalized spacial score (nSPS) is 10.4. The number of ether oxygens (including phenoxy) is 1. The van der Waals surface area contributed by atoms with Gasteiger partial charge in [-0.05, 0) is 24.3 Å². The Morgan fingerprint density at radius 2 is 1.84 bits per heavy atom. The largest absolute Gasteiger partial charge is 0.452 e. The molecule has 126 valence electrons. The second-order valence-corrected chi connectivity index (χ2v) is 5.04. The van der Waals surface area contributed by atoms with Gasteiger partial charge in [0.2, 0.25) is 0 Å². The fourth-order valence-electron chi connectivity index (χ4n) is 2.25. The minimum atomic E-state index is -0.710. The molecular formula is C17H13N3O5. The van der Waals surface area contributed by atoms with Crippen LogP contribution in [-0.2, 0) is 9.53 Å². The first kappa shape index (κ1) is 16.2. The number of rotatable bonds is 5. The summed E-state index contributed by atoms with van der Waals surface area (Å²) in [7, 11) is 0. The number of carbonyl (C=O) groups is 3. The highest BCUT2D eigenvalue weighted by Gasteiger charge is 2.16. The van der Waals surface area contributed by atoms with Crippen LogP contribution in [-0.4, -0.2) is 29.4 Å². The van der Waals surface area contributed by atoms with Crippen molar-refractivity contribution in [3.63, 3.8) is 0 Å². The first-order valence-corrected chi connectivity index (χ1v) is 7.24. The van der Waals surface area contributed by atoms with Crippen LogP contribution in [0.1, 0.15) is 20.7 Å².